The van der Waals surface area contributed by atoms with Crippen molar-refractivity contribution in [1.82, 2.24) is 19.7 Å². The summed E-state index contributed by atoms with van der Waals surface area (Å²) < 4.78 is 7.59. The number of hydrogen-bond acceptors (Lipinski definition) is 7. The van der Waals surface area contributed by atoms with Crippen molar-refractivity contribution in [3.63, 3.8) is 0 Å². The Morgan fingerprint density at radius 3 is 2.55 bits per heavy atom. The van der Waals surface area contributed by atoms with Crippen LogP contribution in [0.3, 0.4) is 0 Å². The van der Waals surface area contributed by atoms with Crippen LogP contribution in [-0.4, -0.2) is 19.7 Å². The summed E-state index contributed by atoms with van der Waals surface area (Å²) in [5.41, 5.74) is 2.89. The molecule has 164 valence electrons. The molecule has 1 aliphatic rings. The summed E-state index contributed by atoms with van der Waals surface area (Å²) in [6.07, 6.45) is 4.29. The SMILES string of the molecule is O=c1c2c3c(sc2nc(SCc2nnc(-c4ccccc4)o2)n1-c1ccccc1)CCCC3. The number of benzene rings is 2. The van der Waals surface area contributed by atoms with Crippen LogP contribution in [0.5, 0.6) is 0 Å². The molecule has 0 spiro atoms. The zero-order valence-corrected chi connectivity index (χ0v) is 19.4. The van der Waals surface area contributed by atoms with E-state index in [1.807, 2.05) is 60.7 Å². The van der Waals surface area contributed by atoms with Crippen molar-refractivity contribution in [3.05, 3.63) is 87.3 Å². The van der Waals surface area contributed by atoms with Gasteiger partial charge in [-0.3, -0.25) is 9.36 Å². The van der Waals surface area contributed by atoms with Gasteiger partial charge in [0.2, 0.25) is 11.8 Å². The van der Waals surface area contributed by atoms with Crippen molar-refractivity contribution in [2.45, 2.75) is 36.6 Å². The maximum atomic E-state index is 13.7. The number of thiophene rings is 1. The molecule has 5 aromatic rings. The van der Waals surface area contributed by atoms with Crippen molar-refractivity contribution in [2.24, 2.45) is 0 Å². The van der Waals surface area contributed by atoms with Gasteiger partial charge in [0.15, 0.2) is 5.16 Å². The van der Waals surface area contributed by atoms with Gasteiger partial charge in [-0.15, -0.1) is 21.5 Å². The molecule has 0 fully saturated rings. The number of para-hydroxylation sites is 1. The van der Waals surface area contributed by atoms with E-state index in [9.17, 15) is 4.79 Å². The van der Waals surface area contributed by atoms with Gasteiger partial charge in [-0.2, -0.15) is 0 Å². The Labute approximate surface area is 198 Å². The molecule has 8 heteroatoms. The van der Waals surface area contributed by atoms with Crippen LogP contribution in [0.25, 0.3) is 27.4 Å². The number of rotatable bonds is 5. The third kappa shape index (κ3) is 3.79. The third-order valence-corrected chi connectivity index (χ3v) is 7.89. The van der Waals surface area contributed by atoms with E-state index in [2.05, 4.69) is 10.2 Å². The van der Waals surface area contributed by atoms with Crippen LogP contribution < -0.4 is 5.56 Å². The standard InChI is InChI=1S/C25H20N4O2S2/c30-24-21-18-13-7-8-14-19(18)33-23(21)26-25(29(24)17-11-5-2-6-12-17)32-15-20-27-28-22(31-20)16-9-3-1-4-10-16/h1-6,9-12H,7-8,13-15H2. The molecule has 33 heavy (non-hydrogen) atoms. The molecule has 0 saturated heterocycles. The summed E-state index contributed by atoms with van der Waals surface area (Å²) in [7, 11) is 0. The van der Waals surface area contributed by atoms with E-state index < -0.39 is 0 Å². The average Bonchev–Trinajstić information content (AvgIpc) is 3.48. The molecule has 3 heterocycles. The van der Waals surface area contributed by atoms with E-state index in [1.165, 1.54) is 28.6 Å². The second-order valence-electron chi connectivity index (χ2n) is 7.92. The summed E-state index contributed by atoms with van der Waals surface area (Å²) in [4.78, 5) is 20.8. The molecule has 0 amide bonds. The van der Waals surface area contributed by atoms with E-state index in [1.54, 1.807) is 15.9 Å². The second-order valence-corrected chi connectivity index (χ2v) is 9.94. The molecule has 0 atom stereocenters. The minimum Gasteiger partial charge on any atom is -0.420 e. The summed E-state index contributed by atoms with van der Waals surface area (Å²) in [6, 6.07) is 19.4. The highest BCUT2D eigenvalue weighted by Gasteiger charge is 2.23. The van der Waals surface area contributed by atoms with E-state index in [-0.39, 0.29) is 5.56 Å². The quantitative estimate of drug-likeness (QED) is 0.242. The Morgan fingerprint density at radius 1 is 0.970 bits per heavy atom. The predicted molar refractivity (Wildman–Crippen MR) is 131 cm³/mol. The highest BCUT2D eigenvalue weighted by atomic mass is 32.2. The molecule has 0 N–H and O–H groups in total. The van der Waals surface area contributed by atoms with Crippen LogP contribution in [-0.2, 0) is 18.6 Å². The van der Waals surface area contributed by atoms with Crippen LogP contribution >= 0.6 is 23.1 Å². The van der Waals surface area contributed by atoms with E-state index in [0.717, 1.165) is 40.7 Å². The fraction of sp³-hybridized carbons (Fsp3) is 0.200. The molecule has 0 aliphatic heterocycles. The molecular weight excluding hydrogens is 452 g/mol. The fourth-order valence-electron chi connectivity index (χ4n) is 4.22. The van der Waals surface area contributed by atoms with Gasteiger partial charge < -0.3 is 4.42 Å². The average molecular weight is 473 g/mol. The molecule has 0 radical (unpaired) electrons. The molecule has 2 aromatic carbocycles. The number of nitrogens with zero attached hydrogens (tertiary/aromatic N) is 4. The molecule has 6 rings (SSSR count). The minimum atomic E-state index is 0.00334. The lowest BCUT2D eigenvalue weighted by molar-refractivity contribution is 0.528. The van der Waals surface area contributed by atoms with Gasteiger partial charge in [0.25, 0.3) is 5.56 Å². The van der Waals surface area contributed by atoms with Crippen LogP contribution in [0.2, 0.25) is 0 Å². The Balaban J connectivity index is 1.40. The Bertz CT molecular complexity index is 1490. The predicted octanol–water partition coefficient (Wildman–Crippen LogP) is 5.67. The highest BCUT2D eigenvalue weighted by Crippen LogP contribution is 2.35. The smallest absolute Gasteiger partial charge is 0.267 e. The first-order chi connectivity index (χ1) is 16.3. The molecule has 0 saturated carbocycles. The number of aryl methyl sites for hydroxylation is 2. The van der Waals surface area contributed by atoms with Crippen molar-refractivity contribution in [3.8, 4) is 17.1 Å². The molecular formula is C25H20N4O2S2. The monoisotopic (exact) mass is 472 g/mol. The zero-order valence-electron chi connectivity index (χ0n) is 17.7. The summed E-state index contributed by atoms with van der Waals surface area (Å²) in [6.45, 7) is 0. The van der Waals surface area contributed by atoms with Gasteiger partial charge in [-0.25, -0.2) is 4.98 Å². The van der Waals surface area contributed by atoms with Crippen molar-refractivity contribution in [2.75, 3.05) is 0 Å². The third-order valence-electron chi connectivity index (χ3n) is 5.78. The lowest BCUT2D eigenvalue weighted by Gasteiger charge is -2.13. The fourth-order valence-corrected chi connectivity index (χ4v) is 6.38. The number of thioether (sulfide) groups is 1. The molecule has 0 unspecified atom stereocenters. The molecule has 6 nitrogen and oxygen atoms in total. The van der Waals surface area contributed by atoms with Crippen LogP contribution in [0.15, 0.2) is 75.0 Å². The number of aromatic nitrogens is 4. The normalized spacial score (nSPS) is 13.3. The largest absolute Gasteiger partial charge is 0.420 e. The first kappa shape index (κ1) is 20.4. The number of fused-ring (bicyclic) bond motifs is 3. The summed E-state index contributed by atoms with van der Waals surface area (Å²) in [5.74, 6) is 1.41. The summed E-state index contributed by atoms with van der Waals surface area (Å²) in [5, 5.41) is 9.79. The molecule has 3 aromatic heterocycles. The second kappa shape index (κ2) is 8.61. The van der Waals surface area contributed by atoms with Gasteiger partial charge in [-0.05, 0) is 55.5 Å². The maximum absolute atomic E-state index is 13.7. The molecule has 1 aliphatic carbocycles. The van der Waals surface area contributed by atoms with Crippen molar-refractivity contribution >= 4 is 33.3 Å². The highest BCUT2D eigenvalue weighted by molar-refractivity contribution is 7.98. The van der Waals surface area contributed by atoms with Crippen LogP contribution in [0.1, 0.15) is 29.2 Å². The Hall–Kier alpha value is -3.23. The van der Waals surface area contributed by atoms with Gasteiger partial charge in [0.1, 0.15) is 4.83 Å². The Kier molecular flexibility index (Phi) is 5.32. The summed E-state index contributed by atoms with van der Waals surface area (Å²) >= 11 is 3.11. The van der Waals surface area contributed by atoms with E-state index >= 15 is 0 Å². The van der Waals surface area contributed by atoms with Crippen molar-refractivity contribution < 1.29 is 4.42 Å². The maximum Gasteiger partial charge on any atom is 0.267 e. The Morgan fingerprint density at radius 2 is 1.73 bits per heavy atom. The minimum absolute atomic E-state index is 0.00334. The van der Waals surface area contributed by atoms with Crippen molar-refractivity contribution in [1.29, 1.82) is 0 Å². The topological polar surface area (TPSA) is 73.8 Å². The molecule has 0 bridgehead atoms. The van der Waals surface area contributed by atoms with Gasteiger partial charge in [-0.1, -0.05) is 48.2 Å². The lowest BCUT2D eigenvalue weighted by Crippen LogP contribution is -2.22. The van der Waals surface area contributed by atoms with Gasteiger partial charge in [0.05, 0.1) is 16.8 Å². The first-order valence-corrected chi connectivity index (χ1v) is 12.7. The van der Waals surface area contributed by atoms with Crippen LogP contribution in [0, 0.1) is 0 Å². The van der Waals surface area contributed by atoms with E-state index in [0.29, 0.717) is 22.7 Å². The number of hydrogen-bond donors (Lipinski definition) is 0. The first-order valence-electron chi connectivity index (χ1n) is 10.9. The van der Waals surface area contributed by atoms with Gasteiger partial charge >= 0.3 is 0 Å². The zero-order chi connectivity index (χ0) is 22.2. The van der Waals surface area contributed by atoms with Crippen LogP contribution in [0.4, 0.5) is 0 Å². The lowest BCUT2D eigenvalue weighted by atomic mass is 9.97. The van der Waals surface area contributed by atoms with Gasteiger partial charge in [0, 0.05) is 10.4 Å². The van der Waals surface area contributed by atoms with E-state index in [4.69, 9.17) is 9.40 Å².